The van der Waals surface area contributed by atoms with Gasteiger partial charge in [-0.15, -0.1) is 0 Å². The highest BCUT2D eigenvalue weighted by molar-refractivity contribution is 6.04. The van der Waals surface area contributed by atoms with Crippen LogP contribution in [-0.4, -0.2) is 35.2 Å². The Morgan fingerprint density at radius 2 is 2.00 bits per heavy atom. The average Bonchev–Trinajstić information content (AvgIpc) is 3.43. The van der Waals surface area contributed by atoms with Gasteiger partial charge in [0.15, 0.2) is 12.4 Å². The van der Waals surface area contributed by atoms with E-state index in [2.05, 4.69) is 15.5 Å². The molecule has 0 saturated carbocycles. The third-order valence-electron chi connectivity index (χ3n) is 4.59. The summed E-state index contributed by atoms with van der Waals surface area (Å²) in [6.07, 6.45) is 2.01. The number of amides is 1. The molecule has 1 amide bonds. The number of ether oxygens (including phenoxy) is 1. The third kappa shape index (κ3) is 4.61. The predicted molar refractivity (Wildman–Crippen MR) is 108 cm³/mol. The minimum atomic E-state index is -0.708. The maximum atomic E-state index is 12.9. The van der Waals surface area contributed by atoms with Crippen LogP contribution in [0.5, 0.6) is 0 Å². The molecule has 0 radical (unpaired) electrons. The molecule has 158 valence electrons. The number of carbonyl (C=O) groups is 2. The Labute approximate surface area is 176 Å². The summed E-state index contributed by atoms with van der Waals surface area (Å²) in [5, 5.41) is 6.93. The zero-order chi connectivity index (χ0) is 21.8. The SMILES string of the molecule is Cc1noc2nc(-c3ccco3)cc(C(=O)OCC(=O)NCCc3ccc(F)cc3)c12. The van der Waals surface area contributed by atoms with Gasteiger partial charge in [-0.2, -0.15) is 0 Å². The molecule has 0 spiro atoms. The molecule has 8 nitrogen and oxygen atoms in total. The fraction of sp³-hybridized carbons (Fsp3) is 0.182. The fourth-order valence-corrected chi connectivity index (χ4v) is 3.06. The van der Waals surface area contributed by atoms with Crippen molar-refractivity contribution in [2.45, 2.75) is 13.3 Å². The number of benzene rings is 1. The van der Waals surface area contributed by atoms with Gasteiger partial charge < -0.3 is 19.0 Å². The maximum Gasteiger partial charge on any atom is 0.339 e. The van der Waals surface area contributed by atoms with Gasteiger partial charge >= 0.3 is 5.97 Å². The van der Waals surface area contributed by atoms with Crippen molar-refractivity contribution in [3.05, 3.63) is 71.4 Å². The van der Waals surface area contributed by atoms with Gasteiger partial charge in [-0.25, -0.2) is 14.2 Å². The Bertz CT molecular complexity index is 1220. The minimum Gasteiger partial charge on any atom is -0.463 e. The number of furan rings is 1. The van der Waals surface area contributed by atoms with Gasteiger partial charge in [0.05, 0.1) is 22.9 Å². The van der Waals surface area contributed by atoms with Crippen LogP contribution in [0.25, 0.3) is 22.6 Å². The standard InChI is InChI=1S/C22H18FN3O5/c1-13-20-16(11-17(18-3-2-10-29-18)25-21(20)31-26-13)22(28)30-12-19(27)24-9-8-14-4-6-15(23)7-5-14/h2-7,10-11H,8-9,12H2,1H3,(H,24,27). The Morgan fingerprint density at radius 1 is 1.19 bits per heavy atom. The van der Waals surface area contributed by atoms with Crippen molar-refractivity contribution in [3.63, 3.8) is 0 Å². The molecule has 0 atom stereocenters. The van der Waals surface area contributed by atoms with Crippen molar-refractivity contribution in [1.29, 1.82) is 0 Å². The van der Waals surface area contributed by atoms with Crippen molar-refractivity contribution in [1.82, 2.24) is 15.5 Å². The number of pyridine rings is 1. The van der Waals surface area contributed by atoms with E-state index in [0.29, 0.717) is 35.5 Å². The maximum absolute atomic E-state index is 12.9. The van der Waals surface area contributed by atoms with Crippen LogP contribution in [0.1, 0.15) is 21.6 Å². The van der Waals surface area contributed by atoms with Crippen LogP contribution in [0.15, 0.2) is 57.7 Å². The van der Waals surface area contributed by atoms with Crippen LogP contribution < -0.4 is 5.32 Å². The number of nitrogens with one attached hydrogen (secondary N) is 1. The number of aromatic nitrogens is 2. The van der Waals surface area contributed by atoms with Crippen molar-refractivity contribution < 1.29 is 27.7 Å². The topological polar surface area (TPSA) is 107 Å². The molecular weight excluding hydrogens is 405 g/mol. The van der Waals surface area contributed by atoms with Gasteiger partial charge in [0.25, 0.3) is 11.6 Å². The van der Waals surface area contributed by atoms with E-state index < -0.39 is 18.5 Å². The lowest BCUT2D eigenvalue weighted by molar-refractivity contribution is -0.124. The number of hydrogen-bond donors (Lipinski definition) is 1. The molecule has 0 bridgehead atoms. The summed E-state index contributed by atoms with van der Waals surface area (Å²) < 4.78 is 28.6. The molecule has 1 N–H and O–H groups in total. The smallest absolute Gasteiger partial charge is 0.339 e. The van der Waals surface area contributed by atoms with E-state index in [1.165, 1.54) is 24.5 Å². The molecule has 0 aliphatic rings. The average molecular weight is 423 g/mol. The number of aryl methyl sites for hydroxylation is 1. The second-order valence-corrected chi connectivity index (χ2v) is 6.78. The highest BCUT2D eigenvalue weighted by Crippen LogP contribution is 2.27. The first-order valence-corrected chi connectivity index (χ1v) is 9.50. The van der Waals surface area contributed by atoms with Crippen LogP contribution in [0.3, 0.4) is 0 Å². The molecule has 4 rings (SSSR count). The molecule has 3 aromatic heterocycles. The lowest BCUT2D eigenvalue weighted by atomic mass is 10.1. The monoisotopic (exact) mass is 423 g/mol. The molecule has 0 unspecified atom stereocenters. The Morgan fingerprint density at radius 3 is 2.74 bits per heavy atom. The minimum absolute atomic E-state index is 0.169. The molecule has 0 aliphatic carbocycles. The Balaban J connectivity index is 1.40. The molecule has 4 aromatic rings. The van der Waals surface area contributed by atoms with Gasteiger partial charge in [0, 0.05) is 6.54 Å². The van der Waals surface area contributed by atoms with E-state index in [0.717, 1.165) is 5.56 Å². The zero-order valence-corrected chi connectivity index (χ0v) is 16.6. The summed E-state index contributed by atoms with van der Waals surface area (Å²) in [6.45, 7) is 1.56. The third-order valence-corrected chi connectivity index (χ3v) is 4.59. The Kier molecular flexibility index (Phi) is 5.74. The van der Waals surface area contributed by atoms with Gasteiger partial charge in [-0.3, -0.25) is 4.79 Å². The van der Waals surface area contributed by atoms with E-state index in [-0.39, 0.29) is 17.1 Å². The summed E-state index contributed by atoms with van der Waals surface area (Å²) in [6, 6.07) is 10.9. The van der Waals surface area contributed by atoms with Gasteiger partial charge in [0.1, 0.15) is 11.5 Å². The first-order chi connectivity index (χ1) is 15.0. The molecule has 0 aliphatic heterocycles. The number of fused-ring (bicyclic) bond motifs is 1. The number of halogens is 1. The predicted octanol–water partition coefficient (Wildman–Crippen LogP) is 3.45. The van der Waals surface area contributed by atoms with Crippen LogP contribution in [0.4, 0.5) is 4.39 Å². The first kappa shape index (κ1) is 20.3. The summed E-state index contributed by atoms with van der Waals surface area (Å²) in [7, 11) is 0. The summed E-state index contributed by atoms with van der Waals surface area (Å²) in [5.41, 5.74) is 2.08. The molecule has 31 heavy (non-hydrogen) atoms. The normalized spacial score (nSPS) is 10.9. The van der Waals surface area contributed by atoms with E-state index in [1.807, 2.05) is 0 Å². The van der Waals surface area contributed by atoms with E-state index >= 15 is 0 Å². The Hall–Kier alpha value is -4.01. The molecule has 0 saturated heterocycles. The van der Waals surface area contributed by atoms with E-state index in [4.69, 9.17) is 13.7 Å². The lowest BCUT2D eigenvalue weighted by Crippen LogP contribution is -2.30. The molecule has 0 fully saturated rings. The summed E-state index contributed by atoms with van der Waals surface area (Å²) in [4.78, 5) is 29.1. The first-order valence-electron chi connectivity index (χ1n) is 9.50. The largest absolute Gasteiger partial charge is 0.463 e. The number of rotatable bonds is 7. The van der Waals surface area contributed by atoms with Crippen molar-refractivity contribution in [3.8, 4) is 11.5 Å². The fourth-order valence-electron chi connectivity index (χ4n) is 3.06. The number of nitrogens with zero attached hydrogens (tertiary/aromatic N) is 2. The van der Waals surface area contributed by atoms with Crippen LogP contribution in [-0.2, 0) is 16.0 Å². The second-order valence-electron chi connectivity index (χ2n) is 6.78. The van der Waals surface area contributed by atoms with Crippen LogP contribution in [0, 0.1) is 12.7 Å². The quantitative estimate of drug-likeness (QED) is 0.454. The van der Waals surface area contributed by atoms with Crippen LogP contribution in [0.2, 0.25) is 0 Å². The van der Waals surface area contributed by atoms with Crippen molar-refractivity contribution in [2.75, 3.05) is 13.2 Å². The van der Waals surface area contributed by atoms with Crippen molar-refractivity contribution in [2.24, 2.45) is 0 Å². The van der Waals surface area contributed by atoms with Gasteiger partial charge in [0.2, 0.25) is 0 Å². The number of esters is 1. The highest BCUT2D eigenvalue weighted by Gasteiger charge is 2.21. The van der Waals surface area contributed by atoms with E-state index in [9.17, 15) is 14.0 Å². The highest BCUT2D eigenvalue weighted by atomic mass is 19.1. The van der Waals surface area contributed by atoms with Crippen LogP contribution >= 0.6 is 0 Å². The molecule has 1 aromatic carbocycles. The second kappa shape index (κ2) is 8.78. The lowest BCUT2D eigenvalue weighted by Gasteiger charge is -2.08. The summed E-state index contributed by atoms with van der Waals surface area (Å²) >= 11 is 0. The zero-order valence-electron chi connectivity index (χ0n) is 16.6. The molecule has 3 heterocycles. The van der Waals surface area contributed by atoms with E-state index in [1.54, 1.807) is 31.2 Å². The van der Waals surface area contributed by atoms with Crippen molar-refractivity contribution >= 4 is 23.0 Å². The number of hydrogen-bond acceptors (Lipinski definition) is 7. The van der Waals surface area contributed by atoms with Gasteiger partial charge in [-0.05, 0) is 49.2 Å². The number of carbonyl (C=O) groups excluding carboxylic acids is 2. The molecule has 9 heteroatoms. The molecular formula is C22H18FN3O5. The van der Waals surface area contributed by atoms with Gasteiger partial charge in [-0.1, -0.05) is 17.3 Å². The summed E-state index contributed by atoms with van der Waals surface area (Å²) in [5.74, 6) is -1.03.